The zero-order valence-corrected chi connectivity index (χ0v) is 8.34. The van der Waals surface area contributed by atoms with E-state index in [1.807, 2.05) is 12.2 Å². The number of hydrogen-bond donors (Lipinski definition) is 0. The summed E-state index contributed by atoms with van der Waals surface area (Å²) in [6, 6.07) is 0. The molecule has 2 amide bonds. The van der Waals surface area contributed by atoms with E-state index in [1.54, 1.807) is 0 Å². The number of allylic oxidation sites excluding steroid dienone is 2. The highest BCUT2D eigenvalue weighted by Gasteiger charge is 2.65. The van der Waals surface area contributed by atoms with Gasteiger partial charge in [-0.15, -0.1) is 0 Å². The van der Waals surface area contributed by atoms with Gasteiger partial charge in [0.25, 0.3) is 0 Å². The minimum atomic E-state index is -0.688. The molecule has 0 aromatic rings. The maximum absolute atomic E-state index is 11.9. The fourth-order valence-corrected chi connectivity index (χ4v) is 3.32. The van der Waals surface area contributed by atoms with Crippen molar-refractivity contribution in [2.45, 2.75) is 6.42 Å². The van der Waals surface area contributed by atoms with Crippen molar-refractivity contribution in [3.8, 4) is 0 Å². The lowest BCUT2D eigenvalue weighted by molar-refractivity contribution is -0.140. The summed E-state index contributed by atoms with van der Waals surface area (Å²) in [5.74, 6) is -0.936. The molecule has 4 nitrogen and oxygen atoms in total. The second kappa shape index (κ2) is 2.38. The molecule has 0 aromatic carbocycles. The number of fused-ring (bicyclic) bond motifs is 5. The van der Waals surface area contributed by atoms with Crippen LogP contribution in [0.1, 0.15) is 6.42 Å². The van der Waals surface area contributed by atoms with E-state index in [9.17, 15) is 14.4 Å². The van der Waals surface area contributed by atoms with E-state index in [4.69, 9.17) is 0 Å². The normalized spacial score (nSPS) is 46.5. The van der Waals surface area contributed by atoms with Gasteiger partial charge in [-0.3, -0.25) is 14.5 Å². The molecule has 3 aliphatic rings. The summed E-state index contributed by atoms with van der Waals surface area (Å²) in [6.07, 6.45) is 5.21. The topological polar surface area (TPSA) is 54.5 Å². The van der Waals surface area contributed by atoms with E-state index < -0.39 is 11.3 Å². The molecule has 2 bridgehead atoms. The molecule has 15 heavy (non-hydrogen) atoms. The Hall–Kier alpha value is -1.45. The molecule has 4 unspecified atom stereocenters. The fourth-order valence-electron chi connectivity index (χ4n) is 3.32. The van der Waals surface area contributed by atoms with Crippen molar-refractivity contribution in [3.63, 3.8) is 0 Å². The second-order valence-electron chi connectivity index (χ2n) is 4.70. The molecule has 0 N–H and O–H groups in total. The predicted molar refractivity (Wildman–Crippen MR) is 50.5 cm³/mol. The van der Waals surface area contributed by atoms with E-state index in [-0.39, 0.29) is 23.7 Å². The Balaban J connectivity index is 2.14. The minimum Gasteiger partial charge on any atom is -0.302 e. The van der Waals surface area contributed by atoms with Crippen LogP contribution < -0.4 is 0 Å². The SMILES string of the molecule is CN1C(=O)C2C3C=CC(C=O)(C3)C2C1=O. The number of aldehydes is 1. The molecule has 2 aliphatic carbocycles. The van der Waals surface area contributed by atoms with Crippen LogP contribution in [0, 0.1) is 23.2 Å². The van der Waals surface area contributed by atoms with Gasteiger partial charge in [0.05, 0.1) is 17.3 Å². The van der Waals surface area contributed by atoms with Crippen LogP contribution in [-0.2, 0) is 14.4 Å². The predicted octanol–water partition coefficient (Wildman–Crippen LogP) is -0.00760. The molecule has 4 atom stereocenters. The average Bonchev–Trinajstić information content (AvgIpc) is 2.86. The molecule has 0 spiro atoms. The lowest BCUT2D eigenvalue weighted by atomic mass is 9.76. The summed E-state index contributed by atoms with van der Waals surface area (Å²) in [5.41, 5.74) is -0.688. The van der Waals surface area contributed by atoms with Gasteiger partial charge < -0.3 is 4.79 Å². The number of imide groups is 1. The van der Waals surface area contributed by atoms with Crippen molar-refractivity contribution < 1.29 is 14.4 Å². The Bertz CT molecular complexity index is 414. The molecule has 1 saturated heterocycles. The zero-order chi connectivity index (χ0) is 10.8. The van der Waals surface area contributed by atoms with Crippen LogP contribution in [0.25, 0.3) is 0 Å². The molecule has 1 aliphatic heterocycles. The van der Waals surface area contributed by atoms with Gasteiger partial charge in [0.15, 0.2) is 0 Å². The third kappa shape index (κ3) is 0.772. The van der Waals surface area contributed by atoms with Crippen LogP contribution in [0.2, 0.25) is 0 Å². The first-order chi connectivity index (χ1) is 7.10. The van der Waals surface area contributed by atoms with E-state index in [2.05, 4.69) is 0 Å². The van der Waals surface area contributed by atoms with Crippen LogP contribution in [-0.4, -0.2) is 30.0 Å². The molecule has 0 aromatic heterocycles. The van der Waals surface area contributed by atoms with Crippen molar-refractivity contribution >= 4 is 18.1 Å². The van der Waals surface area contributed by atoms with Gasteiger partial charge in [-0.25, -0.2) is 0 Å². The van der Waals surface area contributed by atoms with Crippen molar-refractivity contribution in [3.05, 3.63) is 12.2 Å². The lowest BCUT2D eigenvalue weighted by Gasteiger charge is -2.23. The first-order valence-corrected chi connectivity index (χ1v) is 5.08. The third-order valence-electron chi connectivity index (χ3n) is 4.07. The van der Waals surface area contributed by atoms with Gasteiger partial charge in [-0.05, 0) is 12.3 Å². The number of rotatable bonds is 1. The summed E-state index contributed by atoms with van der Waals surface area (Å²) in [7, 11) is 1.50. The Morgan fingerprint density at radius 1 is 1.47 bits per heavy atom. The quantitative estimate of drug-likeness (QED) is 0.344. The molecule has 4 heteroatoms. The van der Waals surface area contributed by atoms with Crippen LogP contribution in [0.3, 0.4) is 0 Å². The van der Waals surface area contributed by atoms with E-state index >= 15 is 0 Å². The molecule has 1 saturated carbocycles. The number of nitrogens with zero attached hydrogens (tertiary/aromatic N) is 1. The fraction of sp³-hybridized carbons (Fsp3) is 0.545. The maximum atomic E-state index is 11.9. The Morgan fingerprint density at radius 3 is 2.87 bits per heavy atom. The van der Waals surface area contributed by atoms with Crippen LogP contribution >= 0.6 is 0 Å². The molecular formula is C11H11NO3. The summed E-state index contributed by atoms with van der Waals surface area (Å²) in [4.78, 5) is 36.0. The maximum Gasteiger partial charge on any atom is 0.234 e. The summed E-state index contributed by atoms with van der Waals surface area (Å²) in [6.45, 7) is 0. The first-order valence-electron chi connectivity index (χ1n) is 5.08. The Kier molecular flexibility index (Phi) is 1.40. The second-order valence-corrected chi connectivity index (χ2v) is 4.70. The molecule has 3 rings (SSSR count). The highest BCUT2D eigenvalue weighted by Crippen LogP contribution is 2.58. The highest BCUT2D eigenvalue weighted by molar-refractivity contribution is 6.08. The van der Waals surface area contributed by atoms with Crippen molar-refractivity contribution in [1.82, 2.24) is 4.90 Å². The van der Waals surface area contributed by atoms with Gasteiger partial charge in [-0.2, -0.15) is 0 Å². The van der Waals surface area contributed by atoms with E-state index in [0.717, 1.165) is 6.29 Å². The largest absolute Gasteiger partial charge is 0.302 e. The number of carbonyl (C=O) groups is 3. The van der Waals surface area contributed by atoms with Crippen molar-refractivity contribution in [2.75, 3.05) is 7.05 Å². The molecule has 1 heterocycles. The monoisotopic (exact) mass is 205 g/mol. The first kappa shape index (κ1) is 8.83. The number of carbonyl (C=O) groups excluding carboxylic acids is 3. The molecular weight excluding hydrogens is 194 g/mol. The van der Waals surface area contributed by atoms with Crippen molar-refractivity contribution in [2.24, 2.45) is 23.2 Å². The summed E-state index contributed by atoms with van der Waals surface area (Å²) in [5, 5.41) is 0. The summed E-state index contributed by atoms with van der Waals surface area (Å²) >= 11 is 0. The van der Waals surface area contributed by atoms with Crippen LogP contribution in [0.4, 0.5) is 0 Å². The molecule has 0 radical (unpaired) electrons. The Labute approximate surface area is 86.9 Å². The van der Waals surface area contributed by atoms with Gasteiger partial charge in [0, 0.05) is 7.05 Å². The number of likely N-dealkylation sites (tertiary alicyclic amines) is 1. The van der Waals surface area contributed by atoms with Crippen LogP contribution in [0.15, 0.2) is 12.2 Å². The van der Waals surface area contributed by atoms with E-state index in [0.29, 0.717) is 6.42 Å². The van der Waals surface area contributed by atoms with Gasteiger partial charge >= 0.3 is 0 Å². The van der Waals surface area contributed by atoms with Gasteiger partial charge in [-0.1, -0.05) is 12.2 Å². The van der Waals surface area contributed by atoms with Gasteiger partial charge in [0.2, 0.25) is 11.8 Å². The third-order valence-corrected chi connectivity index (χ3v) is 4.07. The standard InChI is InChI=1S/C11H11NO3/c1-12-9(14)7-6-2-3-11(4-6,5-13)8(7)10(12)15/h2-3,5-8H,4H2,1H3. The average molecular weight is 205 g/mol. The Morgan fingerprint density at radius 2 is 2.20 bits per heavy atom. The minimum absolute atomic E-state index is 0.0848. The van der Waals surface area contributed by atoms with Crippen molar-refractivity contribution in [1.29, 1.82) is 0 Å². The van der Waals surface area contributed by atoms with Crippen LogP contribution in [0.5, 0.6) is 0 Å². The molecule has 2 fully saturated rings. The number of hydrogen-bond acceptors (Lipinski definition) is 3. The number of amides is 2. The highest BCUT2D eigenvalue weighted by atomic mass is 16.2. The lowest BCUT2D eigenvalue weighted by Crippen LogP contribution is -2.34. The smallest absolute Gasteiger partial charge is 0.234 e. The van der Waals surface area contributed by atoms with Gasteiger partial charge in [0.1, 0.15) is 6.29 Å². The van der Waals surface area contributed by atoms with E-state index in [1.165, 1.54) is 11.9 Å². The summed E-state index contributed by atoms with van der Waals surface area (Å²) < 4.78 is 0. The zero-order valence-electron chi connectivity index (χ0n) is 8.34. The molecule has 78 valence electrons.